The van der Waals surface area contributed by atoms with Gasteiger partial charge in [-0.1, -0.05) is 30.3 Å². The van der Waals surface area contributed by atoms with Gasteiger partial charge in [-0.15, -0.1) is 5.10 Å². The largest absolute Gasteiger partial charge is 0.443 e. The molecule has 0 saturated carbocycles. The number of carbonyl (C=O) groups is 1. The van der Waals surface area contributed by atoms with Gasteiger partial charge in [0.2, 0.25) is 5.88 Å². The van der Waals surface area contributed by atoms with E-state index >= 15 is 0 Å². The molecule has 7 heteroatoms. The topological polar surface area (TPSA) is 69.4 Å². The quantitative estimate of drug-likeness (QED) is 0.512. The Bertz CT molecular complexity index is 1310. The number of benzene rings is 2. The third-order valence-corrected chi connectivity index (χ3v) is 5.21. The molecule has 0 spiro atoms. The SMILES string of the molecule is CC(=O)C1=C(C)Oc2ncn3nc(-c4ccc(F)cc4)nc3c2[C@@H]1c1ccccc1. The Balaban J connectivity index is 1.77. The summed E-state index contributed by atoms with van der Waals surface area (Å²) < 4.78 is 20.8. The first-order chi connectivity index (χ1) is 14.5. The van der Waals surface area contributed by atoms with Crippen LogP contribution in [0, 0.1) is 5.82 Å². The van der Waals surface area contributed by atoms with E-state index in [1.54, 1.807) is 23.6 Å². The minimum absolute atomic E-state index is 0.0766. The van der Waals surface area contributed by atoms with Crippen molar-refractivity contribution in [2.24, 2.45) is 0 Å². The predicted octanol–water partition coefficient (Wildman–Crippen LogP) is 4.32. The summed E-state index contributed by atoms with van der Waals surface area (Å²) in [6, 6.07) is 15.7. The molecule has 2 aromatic carbocycles. The number of Topliss-reactive ketones (excluding diaryl/α,β-unsaturated/α-hetero) is 1. The summed E-state index contributed by atoms with van der Waals surface area (Å²) in [5.74, 6) is 0.579. The number of fused-ring (bicyclic) bond motifs is 3. The zero-order valence-electron chi connectivity index (χ0n) is 16.3. The summed E-state index contributed by atoms with van der Waals surface area (Å²) in [4.78, 5) is 21.7. The average molecular weight is 400 g/mol. The lowest BCUT2D eigenvalue weighted by Gasteiger charge is -2.28. The van der Waals surface area contributed by atoms with E-state index < -0.39 is 0 Å². The fraction of sp³-hybridized carbons (Fsp3) is 0.130. The van der Waals surface area contributed by atoms with Crippen molar-refractivity contribution < 1.29 is 13.9 Å². The first-order valence-corrected chi connectivity index (χ1v) is 9.48. The van der Waals surface area contributed by atoms with Crippen molar-refractivity contribution in [3.63, 3.8) is 0 Å². The van der Waals surface area contributed by atoms with Crippen molar-refractivity contribution in [3.05, 3.63) is 89.2 Å². The van der Waals surface area contributed by atoms with Crippen LogP contribution < -0.4 is 4.74 Å². The monoisotopic (exact) mass is 400 g/mol. The van der Waals surface area contributed by atoms with Gasteiger partial charge in [0.25, 0.3) is 0 Å². The predicted molar refractivity (Wildman–Crippen MR) is 108 cm³/mol. The fourth-order valence-corrected chi connectivity index (χ4v) is 3.89. The number of ether oxygens (including phenoxy) is 1. The van der Waals surface area contributed by atoms with E-state index in [0.717, 1.165) is 5.56 Å². The van der Waals surface area contributed by atoms with Gasteiger partial charge in [0, 0.05) is 17.1 Å². The van der Waals surface area contributed by atoms with E-state index in [4.69, 9.17) is 9.72 Å². The highest BCUT2D eigenvalue weighted by molar-refractivity contribution is 5.97. The van der Waals surface area contributed by atoms with Gasteiger partial charge in [0.15, 0.2) is 17.3 Å². The maximum atomic E-state index is 13.3. The highest BCUT2D eigenvalue weighted by Gasteiger charge is 2.35. The Morgan fingerprint density at radius 1 is 1.10 bits per heavy atom. The molecule has 1 aliphatic rings. The third-order valence-electron chi connectivity index (χ3n) is 5.21. The first-order valence-electron chi connectivity index (χ1n) is 9.48. The zero-order valence-corrected chi connectivity index (χ0v) is 16.3. The van der Waals surface area contributed by atoms with Gasteiger partial charge in [0.05, 0.1) is 5.56 Å². The van der Waals surface area contributed by atoms with Crippen LogP contribution in [0.25, 0.3) is 17.0 Å². The summed E-state index contributed by atoms with van der Waals surface area (Å²) in [7, 11) is 0. The Kier molecular flexibility index (Phi) is 4.17. The number of carbonyl (C=O) groups excluding carboxylic acids is 1. The minimum atomic E-state index is -0.381. The number of halogens is 1. The van der Waals surface area contributed by atoms with E-state index in [1.807, 2.05) is 30.3 Å². The molecular weight excluding hydrogens is 383 g/mol. The molecule has 0 saturated heterocycles. The molecule has 5 rings (SSSR count). The van der Waals surface area contributed by atoms with Crippen LogP contribution in [-0.2, 0) is 4.79 Å². The van der Waals surface area contributed by atoms with Crippen molar-refractivity contribution in [2.75, 3.05) is 0 Å². The second-order valence-corrected chi connectivity index (χ2v) is 7.15. The van der Waals surface area contributed by atoms with Gasteiger partial charge in [-0.05, 0) is 43.7 Å². The van der Waals surface area contributed by atoms with Crippen molar-refractivity contribution in [3.8, 4) is 17.3 Å². The summed E-state index contributed by atoms with van der Waals surface area (Å²) in [5.41, 5.74) is 3.41. The van der Waals surface area contributed by atoms with Crippen LogP contribution in [0.1, 0.15) is 30.9 Å². The molecule has 0 radical (unpaired) electrons. The molecule has 6 nitrogen and oxygen atoms in total. The Hall–Kier alpha value is -3.87. The zero-order chi connectivity index (χ0) is 20.8. The van der Waals surface area contributed by atoms with Gasteiger partial charge in [-0.2, -0.15) is 0 Å². The molecule has 3 heterocycles. The summed E-state index contributed by atoms with van der Waals surface area (Å²) >= 11 is 0. The maximum absolute atomic E-state index is 13.3. The smallest absolute Gasteiger partial charge is 0.228 e. The van der Waals surface area contributed by atoms with Crippen molar-refractivity contribution in [1.29, 1.82) is 0 Å². The molecule has 1 atom stereocenters. The van der Waals surface area contributed by atoms with Gasteiger partial charge in [-0.3, -0.25) is 4.79 Å². The minimum Gasteiger partial charge on any atom is -0.443 e. The second kappa shape index (κ2) is 6.88. The molecule has 0 aliphatic carbocycles. The first kappa shape index (κ1) is 18.2. The standard InChI is InChI=1S/C23H17FN4O2/c1-13(29)18-14(2)30-23-20(19(18)15-6-4-3-5-7-15)22-26-21(27-28(22)12-25-23)16-8-10-17(24)11-9-16/h3-12,19H,1-2H3/t19-/m1/s1. The molecule has 0 amide bonds. The molecule has 0 fully saturated rings. The molecule has 0 N–H and O–H groups in total. The van der Waals surface area contributed by atoms with Crippen LogP contribution in [0.5, 0.6) is 5.88 Å². The normalized spacial score (nSPS) is 15.8. The Labute approximate surface area is 171 Å². The molecular formula is C23H17FN4O2. The molecule has 0 bridgehead atoms. The van der Waals surface area contributed by atoms with Crippen molar-refractivity contribution in [2.45, 2.75) is 19.8 Å². The molecule has 4 aromatic rings. The van der Waals surface area contributed by atoms with E-state index in [0.29, 0.717) is 39.8 Å². The highest BCUT2D eigenvalue weighted by atomic mass is 19.1. The number of aromatic nitrogens is 4. The number of nitrogens with zero attached hydrogens (tertiary/aromatic N) is 4. The van der Waals surface area contributed by atoms with E-state index in [1.165, 1.54) is 25.4 Å². The van der Waals surface area contributed by atoms with Gasteiger partial charge in [0.1, 0.15) is 17.9 Å². The Morgan fingerprint density at radius 3 is 2.53 bits per heavy atom. The lowest BCUT2D eigenvalue weighted by Crippen LogP contribution is -2.22. The van der Waals surface area contributed by atoms with Gasteiger partial charge < -0.3 is 4.74 Å². The number of rotatable bonds is 3. The number of hydrogen-bond donors (Lipinski definition) is 0. The lowest BCUT2D eigenvalue weighted by atomic mass is 9.82. The highest BCUT2D eigenvalue weighted by Crippen LogP contribution is 2.44. The van der Waals surface area contributed by atoms with Crippen LogP contribution in [0.15, 0.2) is 72.3 Å². The van der Waals surface area contributed by atoms with E-state index in [-0.39, 0.29) is 17.5 Å². The molecule has 0 unspecified atom stereocenters. The summed E-state index contributed by atoms with van der Waals surface area (Å²) in [6.07, 6.45) is 1.53. The second-order valence-electron chi connectivity index (χ2n) is 7.15. The van der Waals surface area contributed by atoms with Crippen LogP contribution in [0.3, 0.4) is 0 Å². The van der Waals surface area contributed by atoms with Crippen molar-refractivity contribution >= 4 is 11.4 Å². The van der Waals surface area contributed by atoms with Crippen LogP contribution in [0.4, 0.5) is 4.39 Å². The summed E-state index contributed by atoms with van der Waals surface area (Å²) in [5, 5.41) is 4.50. The van der Waals surface area contributed by atoms with Crippen LogP contribution >= 0.6 is 0 Å². The molecule has 2 aromatic heterocycles. The van der Waals surface area contributed by atoms with Crippen molar-refractivity contribution in [1.82, 2.24) is 19.6 Å². The Morgan fingerprint density at radius 2 is 1.83 bits per heavy atom. The van der Waals surface area contributed by atoms with Gasteiger partial charge >= 0.3 is 0 Å². The van der Waals surface area contributed by atoms with Gasteiger partial charge in [-0.25, -0.2) is 18.9 Å². The lowest BCUT2D eigenvalue weighted by molar-refractivity contribution is -0.114. The number of ketones is 1. The van der Waals surface area contributed by atoms with E-state index in [2.05, 4.69) is 10.1 Å². The molecule has 148 valence electrons. The number of allylic oxidation sites excluding steroid dienone is 2. The molecule has 30 heavy (non-hydrogen) atoms. The summed E-state index contributed by atoms with van der Waals surface area (Å²) in [6.45, 7) is 3.31. The maximum Gasteiger partial charge on any atom is 0.228 e. The fourth-order valence-electron chi connectivity index (χ4n) is 3.89. The van der Waals surface area contributed by atoms with Crippen LogP contribution in [-0.4, -0.2) is 25.4 Å². The number of hydrogen-bond acceptors (Lipinski definition) is 5. The van der Waals surface area contributed by atoms with E-state index in [9.17, 15) is 9.18 Å². The van der Waals surface area contributed by atoms with Crippen LogP contribution in [0.2, 0.25) is 0 Å². The molecule has 1 aliphatic heterocycles. The average Bonchev–Trinajstić information content (AvgIpc) is 3.18. The third kappa shape index (κ3) is 2.86.